The molecule has 2 atom stereocenters. The Hall–Kier alpha value is -2.87. The summed E-state index contributed by atoms with van der Waals surface area (Å²) in [6, 6.07) is 11.9. The van der Waals surface area contributed by atoms with Crippen molar-refractivity contribution in [1.29, 1.82) is 0 Å². The van der Waals surface area contributed by atoms with Crippen LogP contribution in [0.25, 0.3) is 22.1 Å². The van der Waals surface area contributed by atoms with Crippen LogP contribution >= 0.6 is 11.6 Å². The lowest BCUT2D eigenvalue weighted by Crippen LogP contribution is -2.48. The summed E-state index contributed by atoms with van der Waals surface area (Å²) >= 11 is 6.11. The van der Waals surface area contributed by atoms with Gasteiger partial charge in [-0.2, -0.15) is 0 Å². The molecule has 2 aromatic carbocycles. The van der Waals surface area contributed by atoms with Crippen molar-refractivity contribution < 1.29 is 18.7 Å². The monoisotopic (exact) mass is 456 g/mol. The van der Waals surface area contributed by atoms with Crippen molar-refractivity contribution in [3.8, 4) is 16.9 Å². The molecule has 0 aliphatic carbocycles. The van der Waals surface area contributed by atoms with Crippen molar-refractivity contribution in [2.75, 3.05) is 32.1 Å². The number of anilines is 1. The third kappa shape index (κ3) is 4.80. The lowest BCUT2D eigenvalue weighted by atomic mass is 10.0. The summed E-state index contributed by atoms with van der Waals surface area (Å²) in [5, 5.41) is 3.57. The summed E-state index contributed by atoms with van der Waals surface area (Å²) in [7, 11) is 1.55. The second-order valence-corrected chi connectivity index (χ2v) is 8.44. The quantitative estimate of drug-likeness (QED) is 0.620. The standard InChI is InChI=1S/C24H25ClN2O5/c1-14-11-27(12-15(2)31-14)13-21(28)26-24-22(16-5-4-6-18(9-16)30-3)23(29)19-10-17(25)7-8-20(19)32-24/h4-10,14-15H,11-13H2,1-3H3,(H,26,28)/t14-,15-/m0/s1. The van der Waals surface area contributed by atoms with Gasteiger partial charge >= 0.3 is 0 Å². The van der Waals surface area contributed by atoms with Crippen LogP contribution in [0.5, 0.6) is 5.75 Å². The highest BCUT2D eigenvalue weighted by atomic mass is 35.5. The molecule has 2 heterocycles. The van der Waals surface area contributed by atoms with Crippen molar-refractivity contribution >= 4 is 34.4 Å². The van der Waals surface area contributed by atoms with E-state index >= 15 is 0 Å². The molecule has 4 rings (SSSR count). The van der Waals surface area contributed by atoms with E-state index in [1.54, 1.807) is 49.6 Å². The fourth-order valence-electron chi connectivity index (χ4n) is 4.08. The van der Waals surface area contributed by atoms with Gasteiger partial charge in [0, 0.05) is 18.1 Å². The van der Waals surface area contributed by atoms with Crippen molar-refractivity contribution in [3.63, 3.8) is 0 Å². The second-order valence-electron chi connectivity index (χ2n) is 8.01. The first-order valence-corrected chi connectivity index (χ1v) is 10.8. The fraction of sp³-hybridized carbons (Fsp3) is 0.333. The normalized spacial score (nSPS) is 19.1. The Bertz CT molecular complexity index is 1200. The van der Waals surface area contributed by atoms with Crippen LogP contribution in [0.1, 0.15) is 13.8 Å². The smallest absolute Gasteiger partial charge is 0.240 e. The first-order valence-electron chi connectivity index (χ1n) is 10.4. The molecule has 1 aliphatic rings. The van der Waals surface area contributed by atoms with E-state index in [0.717, 1.165) is 0 Å². The van der Waals surface area contributed by atoms with Gasteiger partial charge in [-0.1, -0.05) is 23.7 Å². The summed E-state index contributed by atoms with van der Waals surface area (Å²) in [6.07, 6.45) is 0.0875. The Labute approximate surface area is 190 Å². The van der Waals surface area contributed by atoms with E-state index in [1.807, 2.05) is 18.7 Å². The highest BCUT2D eigenvalue weighted by Gasteiger charge is 2.25. The number of amides is 1. The zero-order chi connectivity index (χ0) is 22.8. The van der Waals surface area contributed by atoms with Crippen molar-refractivity contribution in [3.05, 3.63) is 57.7 Å². The van der Waals surface area contributed by atoms with E-state index in [9.17, 15) is 9.59 Å². The Morgan fingerprint density at radius 3 is 2.66 bits per heavy atom. The average Bonchev–Trinajstić information content (AvgIpc) is 2.73. The Balaban J connectivity index is 1.73. The number of hydrogen-bond donors (Lipinski definition) is 1. The number of ether oxygens (including phenoxy) is 2. The van der Waals surface area contributed by atoms with Gasteiger partial charge in [0.1, 0.15) is 11.3 Å². The average molecular weight is 457 g/mol. The number of benzene rings is 2. The topological polar surface area (TPSA) is 81.0 Å². The zero-order valence-electron chi connectivity index (χ0n) is 18.2. The minimum absolute atomic E-state index is 0.0437. The molecule has 32 heavy (non-hydrogen) atoms. The third-order valence-corrected chi connectivity index (χ3v) is 5.56. The second kappa shape index (κ2) is 9.32. The van der Waals surface area contributed by atoms with Gasteiger partial charge in [-0.15, -0.1) is 0 Å². The van der Waals surface area contributed by atoms with Crippen LogP contribution in [0.2, 0.25) is 5.02 Å². The molecule has 0 bridgehead atoms. The van der Waals surface area contributed by atoms with Gasteiger partial charge in [0.15, 0.2) is 0 Å². The van der Waals surface area contributed by atoms with Gasteiger partial charge in [-0.05, 0) is 49.7 Å². The molecule has 0 unspecified atom stereocenters. The molecular weight excluding hydrogens is 432 g/mol. The number of morpholine rings is 1. The van der Waals surface area contributed by atoms with Crippen LogP contribution in [0.3, 0.4) is 0 Å². The number of carbonyl (C=O) groups is 1. The highest BCUT2D eigenvalue weighted by molar-refractivity contribution is 6.31. The number of methoxy groups -OCH3 is 1. The van der Waals surface area contributed by atoms with Gasteiger partial charge in [0.05, 0.1) is 36.8 Å². The van der Waals surface area contributed by atoms with Gasteiger partial charge in [0.25, 0.3) is 0 Å². The molecule has 1 amide bonds. The fourth-order valence-corrected chi connectivity index (χ4v) is 4.25. The van der Waals surface area contributed by atoms with Crippen LogP contribution in [0.15, 0.2) is 51.7 Å². The Morgan fingerprint density at radius 1 is 1.19 bits per heavy atom. The van der Waals surface area contributed by atoms with Crippen LogP contribution < -0.4 is 15.5 Å². The molecule has 1 N–H and O–H groups in total. The number of fused-ring (bicyclic) bond motifs is 1. The van der Waals surface area contributed by atoms with E-state index in [4.69, 9.17) is 25.5 Å². The molecule has 7 nitrogen and oxygen atoms in total. The van der Waals surface area contributed by atoms with Gasteiger partial charge in [-0.3, -0.25) is 19.8 Å². The Morgan fingerprint density at radius 2 is 1.94 bits per heavy atom. The largest absolute Gasteiger partial charge is 0.497 e. The van der Waals surface area contributed by atoms with Crippen LogP contribution in [0, 0.1) is 0 Å². The van der Waals surface area contributed by atoms with Crippen LogP contribution in [0.4, 0.5) is 5.88 Å². The first-order chi connectivity index (χ1) is 15.3. The molecule has 0 radical (unpaired) electrons. The van der Waals surface area contributed by atoms with Crippen LogP contribution in [-0.2, 0) is 9.53 Å². The van der Waals surface area contributed by atoms with E-state index in [2.05, 4.69) is 5.32 Å². The first kappa shape index (κ1) is 22.3. The lowest BCUT2D eigenvalue weighted by Gasteiger charge is -2.34. The van der Waals surface area contributed by atoms with Crippen LogP contribution in [-0.4, -0.2) is 49.8 Å². The van der Waals surface area contributed by atoms with E-state index < -0.39 is 0 Å². The maximum Gasteiger partial charge on any atom is 0.240 e. The third-order valence-electron chi connectivity index (χ3n) is 5.33. The van der Waals surface area contributed by atoms with E-state index in [-0.39, 0.29) is 41.5 Å². The van der Waals surface area contributed by atoms with Gasteiger partial charge in [-0.25, -0.2) is 0 Å². The minimum atomic E-state index is -0.286. The molecule has 0 spiro atoms. The summed E-state index contributed by atoms with van der Waals surface area (Å²) < 4.78 is 17.0. The Kier molecular flexibility index (Phi) is 6.50. The zero-order valence-corrected chi connectivity index (χ0v) is 18.9. The summed E-state index contributed by atoms with van der Waals surface area (Å²) in [5.41, 5.74) is 0.875. The van der Waals surface area contributed by atoms with E-state index in [1.165, 1.54) is 0 Å². The number of hydrogen-bond acceptors (Lipinski definition) is 6. The number of rotatable bonds is 5. The molecule has 0 saturated carbocycles. The summed E-state index contributed by atoms with van der Waals surface area (Å²) in [5.74, 6) is 0.408. The van der Waals surface area contributed by atoms with Crippen molar-refractivity contribution in [2.45, 2.75) is 26.1 Å². The maximum atomic E-state index is 13.4. The number of nitrogens with one attached hydrogen (secondary N) is 1. The molecular formula is C24H25ClN2O5. The maximum absolute atomic E-state index is 13.4. The molecule has 8 heteroatoms. The summed E-state index contributed by atoms with van der Waals surface area (Å²) in [4.78, 5) is 28.3. The highest BCUT2D eigenvalue weighted by Crippen LogP contribution is 2.31. The summed E-state index contributed by atoms with van der Waals surface area (Å²) in [6.45, 7) is 5.43. The van der Waals surface area contributed by atoms with Gasteiger partial charge in [0.2, 0.25) is 17.2 Å². The lowest BCUT2D eigenvalue weighted by molar-refractivity contribution is -0.121. The van der Waals surface area contributed by atoms with Crippen molar-refractivity contribution in [1.82, 2.24) is 4.90 Å². The minimum Gasteiger partial charge on any atom is -0.497 e. The van der Waals surface area contributed by atoms with Crippen molar-refractivity contribution in [2.24, 2.45) is 0 Å². The molecule has 1 fully saturated rings. The predicted octanol–water partition coefficient (Wildman–Crippen LogP) is 4.17. The number of nitrogens with zero attached hydrogens (tertiary/aromatic N) is 1. The molecule has 1 aromatic heterocycles. The predicted molar refractivity (Wildman–Crippen MR) is 125 cm³/mol. The van der Waals surface area contributed by atoms with Gasteiger partial charge < -0.3 is 13.9 Å². The number of halogens is 1. The molecule has 168 valence electrons. The number of carbonyl (C=O) groups excluding carboxylic acids is 1. The molecule has 3 aromatic rings. The SMILES string of the molecule is COc1cccc(-c2c(NC(=O)CN3C[C@H](C)O[C@@H](C)C3)oc3ccc(Cl)cc3c2=O)c1. The molecule has 1 saturated heterocycles. The molecule has 1 aliphatic heterocycles. The van der Waals surface area contributed by atoms with E-state index in [0.29, 0.717) is 40.4 Å².